The SMILES string of the molecule is CC1CCN(Cc2ccc(C(=N)N)cc2F)C(C)C1. The number of piperidine rings is 1. The van der Waals surface area contributed by atoms with Crippen molar-refractivity contribution in [3.05, 3.63) is 35.1 Å². The van der Waals surface area contributed by atoms with Gasteiger partial charge in [-0.2, -0.15) is 0 Å². The second-order valence-electron chi connectivity index (χ2n) is 5.67. The molecule has 0 saturated carbocycles. The summed E-state index contributed by atoms with van der Waals surface area (Å²) < 4.78 is 14.0. The van der Waals surface area contributed by atoms with Gasteiger partial charge in [0.05, 0.1) is 0 Å². The van der Waals surface area contributed by atoms with Crippen molar-refractivity contribution in [1.29, 1.82) is 5.41 Å². The highest BCUT2D eigenvalue weighted by molar-refractivity contribution is 5.94. The molecule has 1 saturated heterocycles. The summed E-state index contributed by atoms with van der Waals surface area (Å²) in [6.07, 6.45) is 2.35. The van der Waals surface area contributed by atoms with Crippen LogP contribution in [-0.4, -0.2) is 23.3 Å². The second kappa shape index (κ2) is 5.70. The van der Waals surface area contributed by atoms with Crippen molar-refractivity contribution in [3.63, 3.8) is 0 Å². The number of hydrogen-bond donors (Lipinski definition) is 2. The lowest BCUT2D eigenvalue weighted by Gasteiger charge is -2.36. The zero-order valence-electron chi connectivity index (χ0n) is 11.6. The summed E-state index contributed by atoms with van der Waals surface area (Å²) in [7, 11) is 0. The summed E-state index contributed by atoms with van der Waals surface area (Å²) >= 11 is 0. The van der Waals surface area contributed by atoms with E-state index in [2.05, 4.69) is 18.7 Å². The molecule has 1 aromatic carbocycles. The van der Waals surface area contributed by atoms with Crippen LogP contribution in [0.1, 0.15) is 37.8 Å². The Hall–Kier alpha value is -1.42. The summed E-state index contributed by atoms with van der Waals surface area (Å²) in [4.78, 5) is 2.33. The molecule has 0 bridgehead atoms. The molecule has 1 aliphatic heterocycles. The Balaban J connectivity index is 2.09. The van der Waals surface area contributed by atoms with Crippen molar-refractivity contribution in [2.45, 2.75) is 39.3 Å². The van der Waals surface area contributed by atoms with Crippen LogP contribution in [0, 0.1) is 17.1 Å². The third-order valence-electron chi connectivity index (χ3n) is 4.01. The maximum atomic E-state index is 14.0. The normalized spacial score (nSPS) is 24.4. The molecule has 2 unspecified atom stereocenters. The topological polar surface area (TPSA) is 53.1 Å². The van der Waals surface area contributed by atoms with E-state index in [0.717, 1.165) is 12.5 Å². The molecule has 1 aromatic rings. The van der Waals surface area contributed by atoms with Crippen molar-refractivity contribution in [2.24, 2.45) is 11.7 Å². The van der Waals surface area contributed by atoms with Crippen molar-refractivity contribution < 1.29 is 4.39 Å². The molecule has 0 aliphatic carbocycles. The molecule has 2 atom stereocenters. The van der Waals surface area contributed by atoms with E-state index in [1.54, 1.807) is 12.1 Å². The van der Waals surface area contributed by atoms with Crippen molar-refractivity contribution >= 4 is 5.84 Å². The molecule has 4 heteroatoms. The average Bonchev–Trinajstić information content (AvgIpc) is 2.34. The molecular weight excluding hydrogens is 241 g/mol. The molecule has 3 nitrogen and oxygen atoms in total. The number of rotatable bonds is 3. The first-order chi connectivity index (χ1) is 8.97. The molecule has 19 heavy (non-hydrogen) atoms. The molecule has 104 valence electrons. The monoisotopic (exact) mass is 263 g/mol. The van der Waals surface area contributed by atoms with Crippen LogP contribution in [0.4, 0.5) is 4.39 Å². The van der Waals surface area contributed by atoms with Crippen LogP contribution in [0.25, 0.3) is 0 Å². The quantitative estimate of drug-likeness (QED) is 0.651. The highest BCUT2D eigenvalue weighted by atomic mass is 19.1. The third-order valence-corrected chi connectivity index (χ3v) is 4.01. The van der Waals surface area contributed by atoms with Gasteiger partial charge in [0, 0.05) is 23.7 Å². The molecule has 0 amide bonds. The fraction of sp³-hybridized carbons (Fsp3) is 0.533. The number of hydrogen-bond acceptors (Lipinski definition) is 2. The Bertz CT molecular complexity index is 472. The molecule has 0 radical (unpaired) electrons. The van der Waals surface area contributed by atoms with E-state index >= 15 is 0 Å². The molecule has 1 heterocycles. The Morgan fingerprint density at radius 3 is 2.79 bits per heavy atom. The first kappa shape index (κ1) is 14.0. The minimum Gasteiger partial charge on any atom is -0.384 e. The predicted molar refractivity (Wildman–Crippen MR) is 75.7 cm³/mol. The lowest BCUT2D eigenvalue weighted by Crippen LogP contribution is -2.39. The zero-order chi connectivity index (χ0) is 14.0. The van der Waals surface area contributed by atoms with Gasteiger partial charge in [0.1, 0.15) is 11.7 Å². The number of amidine groups is 1. The Labute approximate surface area is 114 Å². The van der Waals surface area contributed by atoms with Gasteiger partial charge in [-0.3, -0.25) is 10.3 Å². The van der Waals surface area contributed by atoms with Gasteiger partial charge >= 0.3 is 0 Å². The fourth-order valence-corrected chi connectivity index (χ4v) is 2.75. The average molecular weight is 263 g/mol. The zero-order valence-corrected chi connectivity index (χ0v) is 11.6. The van der Waals surface area contributed by atoms with Gasteiger partial charge in [-0.25, -0.2) is 4.39 Å². The standard InChI is InChI=1S/C15H22FN3/c1-10-5-6-19(11(2)7-10)9-13-4-3-12(15(17)18)8-14(13)16/h3-4,8,10-11H,5-7,9H2,1-2H3,(H3,17,18). The number of likely N-dealkylation sites (tertiary alicyclic amines) is 1. The minimum absolute atomic E-state index is 0.0920. The highest BCUT2D eigenvalue weighted by Crippen LogP contribution is 2.24. The maximum Gasteiger partial charge on any atom is 0.128 e. The first-order valence-corrected chi connectivity index (χ1v) is 6.84. The minimum atomic E-state index is -0.265. The summed E-state index contributed by atoms with van der Waals surface area (Å²) in [5.74, 6) is 0.403. The van der Waals surface area contributed by atoms with Crippen LogP contribution < -0.4 is 5.73 Å². The first-order valence-electron chi connectivity index (χ1n) is 6.84. The van der Waals surface area contributed by atoms with Crippen LogP contribution in [0.15, 0.2) is 18.2 Å². The number of halogens is 1. The lowest BCUT2D eigenvalue weighted by molar-refractivity contribution is 0.121. The number of benzene rings is 1. The number of nitrogens with zero attached hydrogens (tertiary/aromatic N) is 1. The highest BCUT2D eigenvalue weighted by Gasteiger charge is 2.23. The smallest absolute Gasteiger partial charge is 0.128 e. The molecule has 2 rings (SSSR count). The van der Waals surface area contributed by atoms with E-state index in [1.807, 2.05) is 0 Å². The second-order valence-corrected chi connectivity index (χ2v) is 5.67. The van der Waals surface area contributed by atoms with Gasteiger partial charge in [0.25, 0.3) is 0 Å². The third kappa shape index (κ3) is 3.32. The van der Waals surface area contributed by atoms with E-state index < -0.39 is 0 Å². The van der Waals surface area contributed by atoms with Gasteiger partial charge in [-0.1, -0.05) is 19.1 Å². The molecule has 1 fully saturated rings. The van der Waals surface area contributed by atoms with Crippen molar-refractivity contribution in [3.8, 4) is 0 Å². The van der Waals surface area contributed by atoms with E-state index in [-0.39, 0.29) is 11.7 Å². The Kier molecular flexibility index (Phi) is 4.20. The summed E-state index contributed by atoms with van der Waals surface area (Å²) in [5.41, 5.74) is 6.49. The van der Waals surface area contributed by atoms with E-state index in [1.165, 1.54) is 18.9 Å². The van der Waals surface area contributed by atoms with E-state index in [0.29, 0.717) is 23.7 Å². The van der Waals surface area contributed by atoms with Gasteiger partial charge in [0.15, 0.2) is 0 Å². The van der Waals surface area contributed by atoms with E-state index in [4.69, 9.17) is 11.1 Å². The van der Waals surface area contributed by atoms with Crippen LogP contribution >= 0.6 is 0 Å². The Morgan fingerprint density at radius 1 is 1.47 bits per heavy atom. The van der Waals surface area contributed by atoms with Crippen molar-refractivity contribution in [2.75, 3.05) is 6.54 Å². The number of nitrogen functional groups attached to an aromatic ring is 1. The number of nitrogens with two attached hydrogens (primary N) is 1. The lowest BCUT2D eigenvalue weighted by atomic mass is 9.93. The van der Waals surface area contributed by atoms with E-state index in [9.17, 15) is 4.39 Å². The fourth-order valence-electron chi connectivity index (χ4n) is 2.75. The van der Waals surface area contributed by atoms with Crippen LogP contribution in [0.2, 0.25) is 0 Å². The molecule has 0 spiro atoms. The molecule has 0 aromatic heterocycles. The van der Waals surface area contributed by atoms with Gasteiger partial charge in [-0.15, -0.1) is 0 Å². The van der Waals surface area contributed by atoms with Crippen LogP contribution in [-0.2, 0) is 6.54 Å². The molecule has 3 N–H and O–H groups in total. The van der Waals surface area contributed by atoms with Crippen LogP contribution in [0.3, 0.4) is 0 Å². The van der Waals surface area contributed by atoms with Gasteiger partial charge in [0.2, 0.25) is 0 Å². The molecule has 1 aliphatic rings. The summed E-state index contributed by atoms with van der Waals surface area (Å²) in [5, 5.41) is 7.31. The van der Waals surface area contributed by atoms with Crippen molar-refractivity contribution in [1.82, 2.24) is 4.90 Å². The molecular formula is C15H22FN3. The maximum absolute atomic E-state index is 14.0. The number of nitrogens with one attached hydrogen (secondary N) is 1. The Morgan fingerprint density at radius 2 is 2.21 bits per heavy atom. The summed E-state index contributed by atoms with van der Waals surface area (Å²) in [6, 6.07) is 5.32. The van der Waals surface area contributed by atoms with Crippen LogP contribution in [0.5, 0.6) is 0 Å². The van der Waals surface area contributed by atoms with Gasteiger partial charge < -0.3 is 5.73 Å². The summed E-state index contributed by atoms with van der Waals surface area (Å²) in [6.45, 7) is 6.14. The largest absolute Gasteiger partial charge is 0.384 e. The van der Waals surface area contributed by atoms with Gasteiger partial charge in [-0.05, 0) is 38.3 Å². The predicted octanol–water partition coefficient (Wildman–Crippen LogP) is 2.73.